The molecule has 0 radical (unpaired) electrons. The molecule has 0 aliphatic carbocycles. The van der Waals surface area contributed by atoms with Gasteiger partial charge in [0, 0.05) is 11.1 Å². The minimum Gasteiger partial charge on any atom is -0.504 e. The number of sulfonamides is 1. The number of nitrogens with zero attached hydrogens (tertiary/aromatic N) is 2. The third-order valence-corrected chi connectivity index (χ3v) is 4.82. The van der Waals surface area contributed by atoms with Crippen LogP contribution in [0.25, 0.3) is 11.5 Å². The molecule has 0 aliphatic rings. The second-order valence-electron chi connectivity index (χ2n) is 5.10. The summed E-state index contributed by atoms with van der Waals surface area (Å²) in [6, 6.07) is 7.85. The summed E-state index contributed by atoms with van der Waals surface area (Å²) < 4.78 is 32.5. The molecule has 0 unspecified atom stereocenters. The Kier molecular flexibility index (Phi) is 4.27. The van der Waals surface area contributed by atoms with E-state index in [1.54, 1.807) is 13.0 Å². The van der Waals surface area contributed by atoms with Gasteiger partial charge in [-0.1, -0.05) is 22.8 Å². The summed E-state index contributed by atoms with van der Waals surface area (Å²) >= 11 is 5.83. The van der Waals surface area contributed by atoms with Crippen LogP contribution in [0, 0.1) is 6.92 Å². The van der Waals surface area contributed by atoms with Gasteiger partial charge in [-0.15, -0.1) is 0 Å². The first kappa shape index (κ1) is 17.1. The second-order valence-corrected chi connectivity index (χ2v) is 7.21. The molecule has 0 spiro atoms. The first-order valence-electron chi connectivity index (χ1n) is 6.91. The van der Waals surface area contributed by atoms with E-state index in [0.29, 0.717) is 5.82 Å². The van der Waals surface area contributed by atoms with E-state index in [1.807, 2.05) is 0 Å². The number of anilines is 1. The molecule has 0 bridgehead atoms. The minimum absolute atomic E-state index is 0.0170. The van der Waals surface area contributed by atoms with Gasteiger partial charge in [-0.25, -0.2) is 8.42 Å². The Hall–Kier alpha value is -2.78. The van der Waals surface area contributed by atoms with Gasteiger partial charge in [0.2, 0.25) is 0 Å². The molecule has 25 heavy (non-hydrogen) atoms. The monoisotopic (exact) mass is 381 g/mol. The smallest absolute Gasteiger partial charge is 0.261 e. The third kappa shape index (κ3) is 3.52. The van der Waals surface area contributed by atoms with Crippen LogP contribution in [-0.4, -0.2) is 28.8 Å². The van der Waals surface area contributed by atoms with E-state index in [0.717, 1.165) is 12.1 Å². The van der Waals surface area contributed by atoms with Crippen molar-refractivity contribution in [2.75, 3.05) is 4.72 Å². The fourth-order valence-electron chi connectivity index (χ4n) is 2.08. The number of halogens is 1. The highest BCUT2D eigenvalue weighted by Gasteiger charge is 2.21. The number of phenolic OH excluding ortho intramolecular Hbond substituents is 2. The van der Waals surface area contributed by atoms with Crippen molar-refractivity contribution in [2.45, 2.75) is 11.8 Å². The normalized spacial score (nSPS) is 11.4. The number of nitrogens with one attached hydrogen (secondary N) is 1. The maximum atomic E-state index is 12.6. The van der Waals surface area contributed by atoms with Crippen molar-refractivity contribution in [3.63, 3.8) is 0 Å². The molecule has 2 aromatic carbocycles. The average Bonchev–Trinajstić information content (AvgIpc) is 2.97. The summed E-state index contributed by atoms with van der Waals surface area (Å²) in [5, 5.41) is 23.3. The van der Waals surface area contributed by atoms with Crippen molar-refractivity contribution < 1.29 is 23.2 Å². The van der Waals surface area contributed by atoms with Crippen molar-refractivity contribution in [1.29, 1.82) is 0 Å². The van der Waals surface area contributed by atoms with Crippen LogP contribution in [0.4, 0.5) is 5.69 Å². The van der Waals surface area contributed by atoms with Gasteiger partial charge < -0.3 is 14.7 Å². The van der Waals surface area contributed by atoms with E-state index in [-0.39, 0.29) is 27.1 Å². The van der Waals surface area contributed by atoms with E-state index >= 15 is 0 Å². The number of phenols is 2. The highest BCUT2D eigenvalue weighted by atomic mass is 35.5. The van der Waals surface area contributed by atoms with Gasteiger partial charge in [-0.2, -0.15) is 4.98 Å². The van der Waals surface area contributed by atoms with Crippen LogP contribution in [0.15, 0.2) is 45.8 Å². The quantitative estimate of drug-likeness (QED) is 0.468. The number of aromatic nitrogens is 2. The van der Waals surface area contributed by atoms with Gasteiger partial charge in [0.15, 0.2) is 17.3 Å². The van der Waals surface area contributed by atoms with Crippen LogP contribution in [0.1, 0.15) is 5.82 Å². The number of rotatable bonds is 4. The summed E-state index contributed by atoms with van der Waals surface area (Å²) in [7, 11) is -4.01. The van der Waals surface area contributed by atoms with Crippen LogP contribution in [0.3, 0.4) is 0 Å². The van der Waals surface area contributed by atoms with Crippen LogP contribution in [0.5, 0.6) is 11.5 Å². The van der Waals surface area contributed by atoms with E-state index in [2.05, 4.69) is 14.9 Å². The van der Waals surface area contributed by atoms with Gasteiger partial charge in [-0.05, 0) is 31.2 Å². The molecule has 0 atom stereocenters. The lowest BCUT2D eigenvalue weighted by atomic mass is 10.1. The summed E-state index contributed by atoms with van der Waals surface area (Å²) in [6.45, 7) is 1.59. The molecule has 3 N–H and O–H groups in total. The van der Waals surface area contributed by atoms with Gasteiger partial charge in [0.05, 0.1) is 16.1 Å². The zero-order valence-corrected chi connectivity index (χ0v) is 14.3. The predicted octanol–water partition coefficient (Wildman–Crippen LogP) is 2.91. The lowest BCUT2D eigenvalue weighted by Gasteiger charge is -2.12. The summed E-state index contributed by atoms with van der Waals surface area (Å²) in [4.78, 5) is 3.93. The molecule has 0 fully saturated rings. The number of hydrogen-bond donors (Lipinski definition) is 3. The molecule has 0 aliphatic heterocycles. The van der Waals surface area contributed by atoms with Crippen molar-refractivity contribution in [2.24, 2.45) is 0 Å². The number of benzene rings is 2. The molecule has 10 heteroatoms. The Bertz CT molecular complexity index is 1050. The first-order valence-corrected chi connectivity index (χ1v) is 8.77. The molecular formula is C15H12ClN3O5S. The number of aryl methyl sites for hydroxylation is 1. The van der Waals surface area contributed by atoms with Crippen molar-refractivity contribution in [1.82, 2.24) is 10.1 Å². The van der Waals surface area contributed by atoms with Crippen LogP contribution < -0.4 is 4.72 Å². The Morgan fingerprint density at radius 2 is 1.88 bits per heavy atom. The van der Waals surface area contributed by atoms with Crippen molar-refractivity contribution >= 4 is 27.3 Å². The molecule has 3 aromatic rings. The molecule has 0 saturated carbocycles. The van der Waals surface area contributed by atoms with E-state index < -0.39 is 21.5 Å². The Morgan fingerprint density at radius 1 is 1.16 bits per heavy atom. The Morgan fingerprint density at radius 3 is 2.52 bits per heavy atom. The average molecular weight is 382 g/mol. The van der Waals surface area contributed by atoms with Gasteiger partial charge in [0.25, 0.3) is 15.9 Å². The van der Waals surface area contributed by atoms with Crippen molar-refractivity contribution in [3.8, 4) is 23.0 Å². The maximum absolute atomic E-state index is 12.6. The summed E-state index contributed by atoms with van der Waals surface area (Å²) in [5.74, 6) is -0.664. The largest absolute Gasteiger partial charge is 0.504 e. The van der Waals surface area contributed by atoms with Crippen LogP contribution >= 0.6 is 11.6 Å². The second kappa shape index (κ2) is 6.26. The third-order valence-electron chi connectivity index (χ3n) is 3.22. The fraction of sp³-hybridized carbons (Fsp3) is 0.0667. The minimum atomic E-state index is -4.01. The van der Waals surface area contributed by atoms with E-state index in [1.165, 1.54) is 18.2 Å². The molecular weight excluding hydrogens is 370 g/mol. The number of aromatic hydroxyl groups is 2. The van der Waals surface area contributed by atoms with E-state index in [4.69, 9.17) is 16.1 Å². The maximum Gasteiger partial charge on any atom is 0.261 e. The zero-order valence-electron chi connectivity index (χ0n) is 12.8. The molecule has 0 saturated heterocycles. The van der Waals surface area contributed by atoms with E-state index in [9.17, 15) is 18.6 Å². The zero-order chi connectivity index (χ0) is 18.2. The standard InChI is InChI=1S/C15H12ClN3O5S/c1-8-17-15(24-18-8)11-6-13(20)14(21)7-12(11)19-25(22,23)10-4-2-3-9(16)5-10/h2-7,19-21H,1H3. The molecule has 8 nitrogen and oxygen atoms in total. The van der Waals surface area contributed by atoms with Crippen LogP contribution in [-0.2, 0) is 10.0 Å². The Labute approximate surface area is 147 Å². The van der Waals surface area contributed by atoms with Gasteiger partial charge in [-0.3, -0.25) is 4.72 Å². The first-order chi connectivity index (χ1) is 11.8. The lowest BCUT2D eigenvalue weighted by molar-refractivity contribution is 0.403. The predicted molar refractivity (Wildman–Crippen MR) is 90.1 cm³/mol. The highest BCUT2D eigenvalue weighted by Crippen LogP contribution is 2.38. The lowest BCUT2D eigenvalue weighted by Crippen LogP contribution is -2.13. The topological polar surface area (TPSA) is 126 Å². The molecule has 3 rings (SSSR count). The van der Waals surface area contributed by atoms with Gasteiger partial charge >= 0.3 is 0 Å². The van der Waals surface area contributed by atoms with Gasteiger partial charge in [0.1, 0.15) is 0 Å². The molecule has 1 aromatic heterocycles. The summed E-state index contributed by atoms with van der Waals surface area (Å²) in [6.07, 6.45) is 0. The van der Waals surface area contributed by atoms with Crippen LogP contribution in [0.2, 0.25) is 5.02 Å². The Balaban J connectivity index is 2.09. The highest BCUT2D eigenvalue weighted by molar-refractivity contribution is 7.92. The number of hydrogen-bond acceptors (Lipinski definition) is 7. The molecule has 1 heterocycles. The molecule has 130 valence electrons. The molecule has 0 amide bonds. The van der Waals surface area contributed by atoms with Crippen molar-refractivity contribution in [3.05, 3.63) is 47.2 Å². The summed E-state index contributed by atoms with van der Waals surface area (Å²) in [5.41, 5.74) is 0.0698. The fourth-order valence-corrected chi connectivity index (χ4v) is 3.45. The SMILES string of the molecule is Cc1noc(-c2cc(O)c(O)cc2NS(=O)(=O)c2cccc(Cl)c2)n1.